The molecule has 1 unspecified atom stereocenters. The lowest BCUT2D eigenvalue weighted by Gasteiger charge is -2.24. The number of nitro groups is 1. The van der Waals surface area contributed by atoms with Gasteiger partial charge in [-0.2, -0.15) is 0 Å². The molecule has 0 N–H and O–H groups in total. The number of allylic oxidation sites excluding steroid dienone is 1. The molecule has 1 aliphatic heterocycles. The van der Waals surface area contributed by atoms with Gasteiger partial charge in [0.05, 0.1) is 33.9 Å². The minimum Gasteiger partial charge on any atom is -0.466 e. The molecule has 0 bridgehead atoms. The summed E-state index contributed by atoms with van der Waals surface area (Å²) in [6.07, 6.45) is 1.54. The van der Waals surface area contributed by atoms with Gasteiger partial charge in [0.2, 0.25) is 0 Å². The van der Waals surface area contributed by atoms with Crippen molar-refractivity contribution in [3.05, 3.63) is 107 Å². The summed E-state index contributed by atoms with van der Waals surface area (Å²) >= 11 is 1.08. The zero-order valence-electron chi connectivity index (χ0n) is 16.9. The first-order valence-electron chi connectivity index (χ1n) is 9.41. The van der Waals surface area contributed by atoms with Gasteiger partial charge in [0, 0.05) is 12.1 Å². The van der Waals surface area contributed by atoms with Gasteiger partial charge in [-0.05, 0) is 36.3 Å². The van der Waals surface area contributed by atoms with E-state index in [-0.39, 0.29) is 15.8 Å². The number of nitro benzene ring substituents is 1. The molecule has 162 valence electrons. The van der Waals surface area contributed by atoms with E-state index in [0.717, 1.165) is 11.3 Å². The Kier molecular flexibility index (Phi) is 5.54. The van der Waals surface area contributed by atoms with Gasteiger partial charge in [-0.1, -0.05) is 35.6 Å². The number of rotatable bonds is 4. The Labute approximate surface area is 184 Å². The number of ether oxygens (including phenoxy) is 1. The number of nitrogens with zero attached hydrogens (tertiary/aromatic N) is 3. The summed E-state index contributed by atoms with van der Waals surface area (Å²) < 4.78 is 20.1. The van der Waals surface area contributed by atoms with Crippen LogP contribution in [0.1, 0.15) is 24.1 Å². The number of carbonyl (C=O) groups is 1. The van der Waals surface area contributed by atoms with Crippen molar-refractivity contribution in [2.45, 2.75) is 13.0 Å². The summed E-state index contributed by atoms with van der Waals surface area (Å²) in [5.41, 5.74) is 0.676. The van der Waals surface area contributed by atoms with Gasteiger partial charge in [-0.15, -0.1) is 0 Å². The third-order valence-electron chi connectivity index (χ3n) is 4.97. The summed E-state index contributed by atoms with van der Waals surface area (Å²) in [7, 11) is 1.21. The Bertz CT molecular complexity index is 1470. The number of aromatic nitrogens is 1. The maximum Gasteiger partial charge on any atom is 0.338 e. The second-order valence-corrected chi connectivity index (χ2v) is 7.99. The van der Waals surface area contributed by atoms with Crippen LogP contribution in [0.3, 0.4) is 0 Å². The van der Waals surface area contributed by atoms with E-state index in [1.54, 1.807) is 19.1 Å². The summed E-state index contributed by atoms with van der Waals surface area (Å²) in [4.78, 5) is 41.4. The first kappa shape index (κ1) is 21.3. The number of hydrogen-bond donors (Lipinski definition) is 0. The average molecular weight is 453 g/mol. The molecule has 0 aliphatic carbocycles. The molecule has 1 aliphatic rings. The van der Waals surface area contributed by atoms with Crippen LogP contribution in [0.2, 0.25) is 0 Å². The molecule has 1 aromatic heterocycles. The average Bonchev–Trinajstić information content (AvgIpc) is 3.06. The predicted octanol–water partition coefficient (Wildman–Crippen LogP) is 2.46. The lowest BCUT2D eigenvalue weighted by molar-refractivity contribution is -0.384. The number of hydrogen-bond acceptors (Lipinski definition) is 7. The largest absolute Gasteiger partial charge is 0.466 e. The molecule has 8 nitrogen and oxygen atoms in total. The maximum atomic E-state index is 13.6. The molecule has 0 spiro atoms. The summed E-state index contributed by atoms with van der Waals surface area (Å²) in [5.74, 6) is -1.13. The molecule has 1 atom stereocenters. The van der Waals surface area contributed by atoms with E-state index >= 15 is 0 Å². The van der Waals surface area contributed by atoms with E-state index in [2.05, 4.69) is 4.99 Å². The Balaban J connectivity index is 1.99. The smallest absolute Gasteiger partial charge is 0.338 e. The normalized spacial score (nSPS) is 15.8. The summed E-state index contributed by atoms with van der Waals surface area (Å²) in [5, 5.41) is 11.3. The third-order valence-corrected chi connectivity index (χ3v) is 5.95. The van der Waals surface area contributed by atoms with Crippen molar-refractivity contribution in [1.82, 2.24) is 4.57 Å². The van der Waals surface area contributed by atoms with Crippen LogP contribution in [0.25, 0.3) is 6.08 Å². The first-order valence-corrected chi connectivity index (χ1v) is 10.2. The lowest BCUT2D eigenvalue weighted by Crippen LogP contribution is -2.39. The molecular weight excluding hydrogens is 437 g/mol. The van der Waals surface area contributed by atoms with Gasteiger partial charge in [0.25, 0.3) is 11.2 Å². The molecule has 0 amide bonds. The summed E-state index contributed by atoms with van der Waals surface area (Å²) in [6.45, 7) is 1.61. The molecule has 0 saturated carbocycles. The predicted molar refractivity (Wildman–Crippen MR) is 115 cm³/mol. The highest BCUT2D eigenvalue weighted by molar-refractivity contribution is 7.07. The Morgan fingerprint density at radius 2 is 2.03 bits per heavy atom. The number of methoxy groups -OCH3 is 1. The van der Waals surface area contributed by atoms with Crippen molar-refractivity contribution in [2.24, 2.45) is 4.99 Å². The highest BCUT2D eigenvalue weighted by Crippen LogP contribution is 2.32. The third kappa shape index (κ3) is 3.76. The van der Waals surface area contributed by atoms with Gasteiger partial charge < -0.3 is 4.74 Å². The van der Waals surface area contributed by atoms with Crippen LogP contribution in [0.5, 0.6) is 0 Å². The van der Waals surface area contributed by atoms with E-state index in [9.17, 15) is 24.1 Å². The second kappa shape index (κ2) is 8.31. The van der Waals surface area contributed by atoms with Crippen LogP contribution in [0.4, 0.5) is 10.1 Å². The van der Waals surface area contributed by atoms with E-state index in [1.165, 1.54) is 54.2 Å². The molecule has 4 rings (SSSR count). The van der Waals surface area contributed by atoms with Gasteiger partial charge in [-0.25, -0.2) is 14.2 Å². The number of fused-ring (bicyclic) bond motifs is 1. The SMILES string of the molecule is COC(=O)C1=C(C)N=c2s/c(=C\c3cccc(F)c3)c(=O)n2C1c1cccc([N+](=O)[O-])c1. The Hall–Kier alpha value is -3.92. The van der Waals surface area contributed by atoms with Crippen LogP contribution < -0.4 is 14.9 Å². The van der Waals surface area contributed by atoms with Crippen molar-refractivity contribution < 1.29 is 18.8 Å². The molecule has 2 heterocycles. The number of esters is 1. The molecule has 32 heavy (non-hydrogen) atoms. The zero-order valence-corrected chi connectivity index (χ0v) is 17.8. The monoisotopic (exact) mass is 453 g/mol. The number of benzene rings is 2. The fourth-order valence-corrected chi connectivity index (χ4v) is 4.61. The van der Waals surface area contributed by atoms with Crippen molar-refractivity contribution in [3.8, 4) is 0 Å². The molecule has 10 heteroatoms. The van der Waals surface area contributed by atoms with Crippen LogP contribution >= 0.6 is 11.3 Å². The molecule has 3 aromatic rings. The van der Waals surface area contributed by atoms with Gasteiger partial charge in [0.1, 0.15) is 5.82 Å². The van der Waals surface area contributed by atoms with E-state index < -0.39 is 28.3 Å². The second-order valence-electron chi connectivity index (χ2n) is 6.98. The molecule has 0 radical (unpaired) electrons. The fourth-order valence-electron chi connectivity index (χ4n) is 3.56. The standard InChI is InChI=1S/C22H16FN3O5S/c1-12-18(21(28)31-2)19(14-6-4-8-16(11-14)26(29)30)25-20(27)17(32-22(25)24-12)10-13-5-3-7-15(23)9-13/h3-11,19H,1-2H3/b17-10-. The number of halogens is 1. The number of carbonyl (C=O) groups excluding carboxylic acids is 1. The quantitative estimate of drug-likeness (QED) is 0.343. The summed E-state index contributed by atoms with van der Waals surface area (Å²) in [6, 6.07) is 10.5. The fraction of sp³-hybridized carbons (Fsp3) is 0.136. The van der Waals surface area contributed by atoms with Crippen molar-refractivity contribution in [1.29, 1.82) is 0 Å². The van der Waals surface area contributed by atoms with E-state index in [0.29, 0.717) is 21.6 Å². The van der Waals surface area contributed by atoms with Crippen molar-refractivity contribution in [3.63, 3.8) is 0 Å². The van der Waals surface area contributed by atoms with Crippen LogP contribution in [-0.4, -0.2) is 22.6 Å². The topological polar surface area (TPSA) is 104 Å². The lowest BCUT2D eigenvalue weighted by atomic mass is 9.95. The van der Waals surface area contributed by atoms with Crippen molar-refractivity contribution in [2.75, 3.05) is 7.11 Å². The first-order chi connectivity index (χ1) is 15.3. The van der Waals surface area contributed by atoms with Gasteiger partial charge in [-0.3, -0.25) is 19.5 Å². The van der Waals surface area contributed by atoms with E-state index in [4.69, 9.17) is 4.74 Å². The highest BCUT2D eigenvalue weighted by Gasteiger charge is 2.33. The number of non-ortho nitro benzene ring substituents is 1. The maximum absolute atomic E-state index is 13.6. The Morgan fingerprint density at radius 3 is 2.72 bits per heavy atom. The minimum atomic E-state index is -0.965. The van der Waals surface area contributed by atoms with Crippen molar-refractivity contribution >= 4 is 29.1 Å². The Morgan fingerprint density at radius 1 is 1.28 bits per heavy atom. The molecule has 2 aromatic carbocycles. The highest BCUT2D eigenvalue weighted by atomic mass is 32.1. The van der Waals surface area contributed by atoms with Gasteiger partial charge >= 0.3 is 5.97 Å². The molecular formula is C22H16FN3O5S. The molecule has 0 saturated heterocycles. The van der Waals surface area contributed by atoms with E-state index in [1.807, 2.05) is 0 Å². The van der Waals surface area contributed by atoms with Crippen LogP contribution in [-0.2, 0) is 9.53 Å². The molecule has 0 fully saturated rings. The van der Waals surface area contributed by atoms with Crippen LogP contribution in [0.15, 0.2) is 69.6 Å². The minimum absolute atomic E-state index is 0.109. The van der Waals surface area contributed by atoms with Crippen LogP contribution in [0, 0.1) is 15.9 Å². The zero-order chi connectivity index (χ0) is 23.0. The van der Waals surface area contributed by atoms with Gasteiger partial charge in [0.15, 0.2) is 4.80 Å². The number of thiazole rings is 1.